The number of nitrogens with one attached hydrogen (secondary N) is 1. The van der Waals surface area contributed by atoms with Crippen molar-refractivity contribution in [2.24, 2.45) is 5.92 Å². The van der Waals surface area contributed by atoms with Gasteiger partial charge in [0.1, 0.15) is 5.82 Å². The van der Waals surface area contributed by atoms with Gasteiger partial charge in [0.2, 0.25) is 5.78 Å². The average molecular weight is 422 g/mol. The first-order valence-corrected chi connectivity index (χ1v) is 10.3. The number of piperidine rings is 1. The van der Waals surface area contributed by atoms with Gasteiger partial charge < -0.3 is 14.6 Å². The van der Waals surface area contributed by atoms with Crippen LogP contribution in [0.5, 0.6) is 0 Å². The van der Waals surface area contributed by atoms with Crippen molar-refractivity contribution >= 4 is 28.6 Å². The zero-order valence-corrected chi connectivity index (χ0v) is 17.1. The normalized spacial score (nSPS) is 17.4. The van der Waals surface area contributed by atoms with Gasteiger partial charge in [0.05, 0.1) is 5.92 Å². The molecule has 1 fully saturated rings. The number of aromatic nitrogens is 1. The van der Waals surface area contributed by atoms with E-state index in [2.05, 4.69) is 4.98 Å². The maximum absolute atomic E-state index is 13.1. The molecule has 0 spiro atoms. The highest BCUT2D eigenvalue weighted by Gasteiger charge is 2.32. The number of ether oxygens (including phenoxy) is 1. The Balaban J connectivity index is 1.40. The van der Waals surface area contributed by atoms with E-state index in [1.54, 1.807) is 18.0 Å². The Kier molecular flexibility index (Phi) is 5.84. The van der Waals surface area contributed by atoms with Crippen LogP contribution in [0.1, 0.15) is 40.5 Å². The molecule has 1 N–H and O–H groups in total. The van der Waals surface area contributed by atoms with Gasteiger partial charge in [0.15, 0.2) is 6.10 Å². The van der Waals surface area contributed by atoms with Crippen molar-refractivity contribution in [2.45, 2.75) is 25.9 Å². The van der Waals surface area contributed by atoms with E-state index >= 15 is 0 Å². The van der Waals surface area contributed by atoms with E-state index < -0.39 is 23.8 Å². The summed E-state index contributed by atoms with van der Waals surface area (Å²) in [4.78, 5) is 42.9. The number of rotatable bonds is 5. The molecule has 2 aromatic carbocycles. The van der Waals surface area contributed by atoms with E-state index in [0.29, 0.717) is 30.5 Å². The van der Waals surface area contributed by atoms with Crippen LogP contribution >= 0.6 is 0 Å². The van der Waals surface area contributed by atoms with Crippen molar-refractivity contribution in [3.63, 3.8) is 0 Å². The Morgan fingerprint density at radius 3 is 2.65 bits per heavy atom. The van der Waals surface area contributed by atoms with E-state index in [-0.39, 0.29) is 18.2 Å². The van der Waals surface area contributed by atoms with Crippen LogP contribution in [0.25, 0.3) is 10.9 Å². The summed E-state index contributed by atoms with van der Waals surface area (Å²) in [5.41, 5.74) is 1.69. The van der Waals surface area contributed by atoms with E-state index in [4.69, 9.17) is 4.74 Å². The van der Waals surface area contributed by atoms with Crippen LogP contribution in [0, 0.1) is 11.7 Å². The van der Waals surface area contributed by atoms with Gasteiger partial charge in [0.25, 0.3) is 5.91 Å². The minimum atomic E-state index is -0.935. The molecule has 0 radical (unpaired) electrons. The number of esters is 1. The molecule has 1 aliphatic heterocycles. The summed E-state index contributed by atoms with van der Waals surface area (Å²) in [6, 6.07) is 12.8. The number of carbonyl (C=O) groups is 3. The summed E-state index contributed by atoms with van der Waals surface area (Å²) in [6.07, 6.45) is 1.92. The Morgan fingerprint density at radius 1 is 1.13 bits per heavy atom. The highest BCUT2D eigenvalue weighted by atomic mass is 19.1. The van der Waals surface area contributed by atoms with Crippen molar-refractivity contribution < 1.29 is 23.5 Å². The van der Waals surface area contributed by atoms with Crippen molar-refractivity contribution in [3.05, 3.63) is 71.7 Å². The summed E-state index contributed by atoms with van der Waals surface area (Å²) in [5.74, 6) is -1.93. The van der Waals surface area contributed by atoms with Gasteiger partial charge in [-0.25, -0.2) is 4.39 Å². The van der Waals surface area contributed by atoms with Gasteiger partial charge in [-0.3, -0.25) is 14.4 Å². The van der Waals surface area contributed by atoms with E-state index in [1.165, 1.54) is 24.3 Å². The molecule has 6 nitrogen and oxygen atoms in total. The number of benzene rings is 2. The zero-order valence-electron chi connectivity index (χ0n) is 17.1. The number of para-hydroxylation sites is 1. The fourth-order valence-corrected chi connectivity index (χ4v) is 3.95. The first-order valence-electron chi connectivity index (χ1n) is 10.3. The lowest BCUT2D eigenvalue weighted by Gasteiger charge is -2.32. The molecule has 3 aromatic rings. The number of H-pyrrole nitrogens is 1. The van der Waals surface area contributed by atoms with Gasteiger partial charge in [-0.15, -0.1) is 0 Å². The van der Waals surface area contributed by atoms with Gasteiger partial charge in [-0.1, -0.05) is 18.2 Å². The highest BCUT2D eigenvalue weighted by Crippen LogP contribution is 2.23. The van der Waals surface area contributed by atoms with Crippen molar-refractivity contribution in [1.29, 1.82) is 0 Å². The number of fused-ring (bicyclic) bond motifs is 1. The number of Topliss-reactive ketones (excluding diaryl/α,β-unsaturated/α-hetero) is 1. The topological polar surface area (TPSA) is 79.5 Å². The summed E-state index contributed by atoms with van der Waals surface area (Å²) in [5, 5.41) is 0.782. The number of amides is 1. The number of hydrogen-bond acceptors (Lipinski definition) is 4. The van der Waals surface area contributed by atoms with Crippen molar-refractivity contribution in [3.8, 4) is 0 Å². The van der Waals surface area contributed by atoms with Crippen LogP contribution < -0.4 is 0 Å². The first-order chi connectivity index (χ1) is 14.9. The van der Waals surface area contributed by atoms with E-state index in [0.717, 1.165) is 10.9 Å². The van der Waals surface area contributed by atoms with E-state index in [1.807, 2.05) is 24.3 Å². The Hall–Kier alpha value is -3.48. The fraction of sp³-hybridized carbons (Fsp3) is 0.292. The molecule has 0 bridgehead atoms. The molecular weight excluding hydrogens is 399 g/mol. The van der Waals surface area contributed by atoms with Crippen LogP contribution in [0.4, 0.5) is 4.39 Å². The molecule has 4 rings (SSSR count). The second kappa shape index (κ2) is 8.71. The monoisotopic (exact) mass is 422 g/mol. The van der Waals surface area contributed by atoms with Crippen molar-refractivity contribution in [1.82, 2.24) is 9.88 Å². The first kappa shape index (κ1) is 20.8. The van der Waals surface area contributed by atoms with Crippen LogP contribution in [-0.2, 0) is 9.53 Å². The molecular formula is C24H23FN2O4. The van der Waals surface area contributed by atoms with Crippen LogP contribution in [-0.4, -0.2) is 46.7 Å². The molecule has 31 heavy (non-hydrogen) atoms. The van der Waals surface area contributed by atoms with Crippen LogP contribution in [0.15, 0.2) is 54.7 Å². The number of ketones is 1. The molecule has 0 aliphatic carbocycles. The van der Waals surface area contributed by atoms with E-state index in [9.17, 15) is 18.8 Å². The summed E-state index contributed by atoms with van der Waals surface area (Å²) in [6.45, 7) is 2.29. The molecule has 2 atom stereocenters. The molecule has 0 saturated carbocycles. The predicted octanol–water partition coefficient (Wildman–Crippen LogP) is 3.97. The molecule has 1 aliphatic rings. The Labute approximate surface area is 179 Å². The number of nitrogens with zero attached hydrogens (tertiary/aromatic N) is 1. The van der Waals surface area contributed by atoms with Crippen LogP contribution in [0.3, 0.4) is 0 Å². The zero-order chi connectivity index (χ0) is 22.0. The second-order valence-electron chi connectivity index (χ2n) is 7.79. The quantitative estimate of drug-likeness (QED) is 0.498. The van der Waals surface area contributed by atoms with Gasteiger partial charge >= 0.3 is 5.97 Å². The summed E-state index contributed by atoms with van der Waals surface area (Å²) < 4.78 is 18.6. The SMILES string of the molecule is C[C@H](OC(=O)[C@H]1CCCN(C(=O)c2ccc(F)cc2)C1)C(=O)c1c[nH]c2ccccc12. The molecule has 1 amide bonds. The van der Waals surface area contributed by atoms with Gasteiger partial charge in [-0.2, -0.15) is 0 Å². The lowest BCUT2D eigenvalue weighted by Crippen LogP contribution is -2.43. The van der Waals surface area contributed by atoms with Crippen LogP contribution in [0.2, 0.25) is 0 Å². The van der Waals surface area contributed by atoms with Gasteiger partial charge in [-0.05, 0) is 50.1 Å². The number of carbonyl (C=O) groups excluding carboxylic acids is 3. The number of likely N-dealkylation sites (tertiary alicyclic amines) is 1. The lowest BCUT2D eigenvalue weighted by molar-refractivity contribution is -0.152. The number of aromatic amines is 1. The minimum absolute atomic E-state index is 0.211. The molecule has 7 heteroatoms. The number of hydrogen-bond donors (Lipinski definition) is 1. The lowest BCUT2D eigenvalue weighted by atomic mass is 9.97. The average Bonchev–Trinajstić information content (AvgIpc) is 3.22. The summed E-state index contributed by atoms with van der Waals surface area (Å²) >= 11 is 0. The smallest absolute Gasteiger partial charge is 0.311 e. The molecule has 160 valence electrons. The molecule has 1 aromatic heterocycles. The maximum Gasteiger partial charge on any atom is 0.311 e. The third kappa shape index (κ3) is 4.35. The molecule has 1 saturated heterocycles. The fourth-order valence-electron chi connectivity index (χ4n) is 3.95. The van der Waals surface area contributed by atoms with Crippen molar-refractivity contribution in [2.75, 3.05) is 13.1 Å². The third-order valence-electron chi connectivity index (χ3n) is 5.65. The van der Waals surface area contributed by atoms with Gasteiger partial charge in [0, 0.05) is 41.3 Å². The maximum atomic E-state index is 13.1. The Morgan fingerprint density at radius 2 is 1.87 bits per heavy atom. The molecule has 2 heterocycles. The minimum Gasteiger partial charge on any atom is -0.454 e. The highest BCUT2D eigenvalue weighted by molar-refractivity contribution is 6.10. The third-order valence-corrected chi connectivity index (χ3v) is 5.65. The Bertz CT molecular complexity index is 1120. The predicted molar refractivity (Wildman–Crippen MR) is 113 cm³/mol. The second-order valence-corrected chi connectivity index (χ2v) is 7.79. The largest absolute Gasteiger partial charge is 0.454 e. The standard InChI is InChI=1S/C24H23FN2O4/c1-15(22(28)20-13-26-21-7-3-2-6-19(20)21)31-24(30)17-5-4-12-27(14-17)23(29)16-8-10-18(25)11-9-16/h2-3,6-11,13,15,17,26H,4-5,12,14H2,1H3/t15-,17-/m0/s1. The number of halogens is 1. The molecule has 0 unspecified atom stereocenters. The summed E-state index contributed by atoms with van der Waals surface area (Å²) in [7, 11) is 0.